The van der Waals surface area contributed by atoms with Crippen molar-refractivity contribution in [2.45, 2.75) is 33.1 Å². The normalized spacial score (nSPS) is 24.2. The zero-order valence-corrected chi connectivity index (χ0v) is 16.1. The number of amides is 2. The average Bonchev–Trinajstić information content (AvgIpc) is 2.92. The van der Waals surface area contributed by atoms with Crippen LogP contribution in [0.3, 0.4) is 0 Å². The molecule has 2 aliphatic rings. The molecular weight excluding hydrogens is 354 g/mol. The van der Waals surface area contributed by atoms with E-state index in [0.29, 0.717) is 22.9 Å². The summed E-state index contributed by atoms with van der Waals surface area (Å²) in [6.07, 6.45) is 2.49. The van der Waals surface area contributed by atoms with Crippen molar-refractivity contribution in [1.29, 1.82) is 0 Å². The molecule has 2 aromatic carbocycles. The summed E-state index contributed by atoms with van der Waals surface area (Å²) in [6, 6.07) is 13.7. The molecule has 1 heterocycles. The third kappa shape index (κ3) is 3.33. The molecule has 1 aliphatic heterocycles. The van der Waals surface area contributed by atoms with Crippen molar-refractivity contribution in [2.24, 2.45) is 17.8 Å². The van der Waals surface area contributed by atoms with Gasteiger partial charge in [-0.15, -0.1) is 0 Å². The standard InChI is InChI=1S/C23H23NO4/c1-14-6-9-16(10-7-14)23(27)28-18-5-3-4-17(13-18)24-21(25)19-11-8-15(2)12-20(19)22(24)26/h3-7,9-10,13,15,19-20H,8,11-12H2,1-2H3/t15-,19+,20-/m1/s1. The first-order valence-electron chi connectivity index (χ1n) is 9.71. The lowest BCUT2D eigenvalue weighted by atomic mass is 9.76. The average molecular weight is 377 g/mol. The van der Waals surface area contributed by atoms with Gasteiger partial charge >= 0.3 is 5.97 Å². The van der Waals surface area contributed by atoms with Gasteiger partial charge in [0.2, 0.25) is 11.8 Å². The number of imide groups is 1. The lowest BCUT2D eigenvalue weighted by molar-refractivity contribution is -0.122. The van der Waals surface area contributed by atoms with E-state index in [4.69, 9.17) is 4.74 Å². The maximum absolute atomic E-state index is 12.9. The molecule has 2 aromatic rings. The number of hydrogen-bond donors (Lipinski definition) is 0. The van der Waals surface area contributed by atoms with Crippen molar-refractivity contribution in [3.63, 3.8) is 0 Å². The molecule has 144 valence electrons. The Morgan fingerprint density at radius 2 is 1.71 bits per heavy atom. The predicted molar refractivity (Wildman–Crippen MR) is 105 cm³/mol. The van der Waals surface area contributed by atoms with Gasteiger partial charge in [0.25, 0.3) is 0 Å². The van der Waals surface area contributed by atoms with E-state index in [9.17, 15) is 14.4 Å². The fourth-order valence-corrected chi connectivity index (χ4v) is 4.19. The van der Waals surface area contributed by atoms with Gasteiger partial charge < -0.3 is 4.74 Å². The third-order valence-electron chi connectivity index (χ3n) is 5.76. The van der Waals surface area contributed by atoms with Gasteiger partial charge in [-0.25, -0.2) is 9.69 Å². The van der Waals surface area contributed by atoms with Gasteiger partial charge in [-0.2, -0.15) is 0 Å². The van der Waals surface area contributed by atoms with E-state index in [0.717, 1.165) is 24.8 Å². The number of anilines is 1. The first-order chi connectivity index (χ1) is 13.4. The number of hydrogen-bond acceptors (Lipinski definition) is 4. The van der Waals surface area contributed by atoms with Gasteiger partial charge in [-0.3, -0.25) is 9.59 Å². The highest BCUT2D eigenvalue weighted by atomic mass is 16.5. The Labute approximate surface area is 164 Å². The Balaban J connectivity index is 1.55. The number of ether oxygens (including phenoxy) is 1. The van der Waals surface area contributed by atoms with Crippen LogP contribution in [0.15, 0.2) is 48.5 Å². The molecule has 2 fully saturated rings. The SMILES string of the molecule is Cc1ccc(C(=O)Oc2cccc(N3C(=O)[C@H]4CC[C@@H](C)C[C@H]4C3=O)c2)cc1. The molecule has 2 amide bonds. The molecule has 3 atom stereocenters. The Kier molecular flexibility index (Phi) is 4.75. The number of aryl methyl sites for hydroxylation is 1. The van der Waals surface area contributed by atoms with Gasteiger partial charge in [0.05, 0.1) is 23.1 Å². The second-order valence-electron chi connectivity index (χ2n) is 7.90. The van der Waals surface area contributed by atoms with Crippen molar-refractivity contribution in [1.82, 2.24) is 0 Å². The van der Waals surface area contributed by atoms with Crippen molar-refractivity contribution < 1.29 is 19.1 Å². The molecule has 1 aliphatic carbocycles. The van der Waals surface area contributed by atoms with Gasteiger partial charge in [0, 0.05) is 6.07 Å². The topological polar surface area (TPSA) is 63.7 Å². The van der Waals surface area contributed by atoms with E-state index in [1.807, 2.05) is 19.1 Å². The molecule has 1 saturated heterocycles. The second-order valence-corrected chi connectivity index (χ2v) is 7.90. The number of benzene rings is 2. The maximum Gasteiger partial charge on any atom is 0.343 e. The molecule has 5 heteroatoms. The van der Waals surface area contributed by atoms with E-state index in [-0.39, 0.29) is 23.7 Å². The fraction of sp³-hybridized carbons (Fsp3) is 0.348. The summed E-state index contributed by atoms with van der Waals surface area (Å²) >= 11 is 0. The van der Waals surface area contributed by atoms with Crippen LogP contribution in [-0.2, 0) is 9.59 Å². The van der Waals surface area contributed by atoms with Crippen LogP contribution < -0.4 is 9.64 Å². The number of carbonyl (C=O) groups is 3. The summed E-state index contributed by atoms with van der Waals surface area (Å²) in [4.78, 5) is 39.4. The minimum absolute atomic E-state index is 0.135. The van der Waals surface area contributed by atoms with E-state index < -0.39 is 5.97 Å². The first kappa shape index (κ1) is 18.4. The Bertz CT molecular complexity index is 934. The van der Waals surface area contributed by atoms with Crippen LogP contribution in [0.5, 0.6) is 5.75 Å². The minimum atomic E-state index is -0.473. The van der Waals surface area contributed by atoms with Crippen LogP contribution in [-0.4, -0.2) is 17.8 Å². The largest absolute Gasteiger partial charge is 0.423 e. The van der Waals surface area contributed by atoms with Gasteiger partial charge in [-0.05, 0) is 56.4 Å². The van der Waals surface area contributed by atoms with Crippen molar-refractivity contribution in [2.75, 3.05) is 4.90 Å². The van der Waals surface area contributed by atoms with Gasteiger partial charge in [0.1, 0.15) is 5.75 Å². The predicted octanol–water partition coefficient (Wildman–Crippen LogP) is 4.14. The first-order valence-corrected chi connectivity index (χ1v) is 9.71. The molecular formula is C23H23NO4. The lowest BCUT2D eigenvalue weighted by Gasteiger charge is -2.25. The molecule has 1 saturated carbocycles. The summed E-state index contributed by atoms with van der Waals surface area (Å²) in [6.45, 7) is 4.07. The van der Waals surface area contributed by atoms with E-state index in [1.165, 1.54) is 4.90 Å². The highest BCUT2D eigenvalue weighted by Gasteiger charge is 2.50. The number of rotatable bonds is 3. The van der Waals surface area contributed by atoms with E-state index in [2.05, 4.69) is 6.92 Å². The molecule has 0 spiro atoms. The highest BCUT2D eigenvalue weighted by molar-refractivity contribution is 6.22. The molecule has 0 bridgehead atoms. The number of esters is 1. The smallest absolute Gasteiger partial charge is 0.343 e. The zero-order chi connectivity index (χ0) is 19.8. The molecule has 0 radical (unpaired) electrons. The molecule has 5 nitrogen and oxygen atoms in total. The maximum atomic E-state index is 12.9. The van der Waals surface area contributed by atoms with Crippen LogP contribution in [0.2, 0.25) is 0 Å². The number of nitrogens with zero attached hydrogens (tertiary/aromatic N) is 1. The van der Waals surface area contributed by atoms with Gasteiger partial charge in [-0.1, -0.05) is 30.7 Å². The van der Waals surface area contributed by atoms with Crippen LogP contribution in [0.25, 0.3) is 0 Å². The number of carbonyl (C=O) groups excluding carboxylic acids is 3. The Morgan fingerprint density at radius 3 is 2.46 bits per heavy atom. The van der Waals surface area contributed by atoms with Crippen molar-refractivity contribution in [3.05, 3.63) is 59.7 Å². The Morgan fingerprint density at radius 1 is 1.00 bits per heavy atom. The van der Waals surface area contributed by atoms with Crippen molar-refractivity contribution in [3.8, 4) is 5.75 Å². The van der Waals surface area contributed by atoms with Crippen LogP contribution in [0.4, 0.5) is 5.69 Å². The van der Waals surface area contributed by atoms with Crippen LogP contribution in [0.1, 0.15) is 42.1 Å². The summed E-state index contributed by atoms with van der Waals surface area (Å²) in [5.41, 5.74) is 1.97. The fourth-order valence-electron chi connectivity index (χ4n) is 4.19. The van der Waals surface area contributed by atoms with Crippen LogP contribution >= 0.6 is 0 Å². The van der Waals surface area contributed by atoms with E-state index in [1.54, 1.807) is 36.4 Å². The summed E-state index contributed by atoms with van der Waals surface area (Å²) < 4.78 is 5.46. The molecule has 0 aromatic heterocycles. The summed E-state index contributed by atoms with van der Waals surface area (Å²) in [5.74, 6) is -0.421. The quantitative estimate of drug-likeness (QED) is 0.458. The number of fused-ring (bicyclic) bond motifs is 1. The van der Waals surface area contributed by atoms with E-state index >= 15 is 0 Å². The zero-order valence-electron chi connectivity index (χ0n) is 16.1. The molecule has 0 N–H and O–H groups in total. The third-order valence-corrected chi connectivity index (χ3v) is 5.76. The minimum Gasteiger partial charge on any atom is -0.423 e. The Hall–Kier alpha value is -2.95. The van der Waals surface area contributed by atoms with Crippen LogP contribution in [0, 0.1) is 24.7 Å². The summed E-state index contributed by atoms with van der Waals surface area (Å²) in [5, 5.41) is 0. The highest BCUT2D eigenvalue weighted by Crippen LogP contribution is 2.42. The second kappa shape index (κ2) is 7.23. The molecule has 0 unspecified atom stereocenters. The van der Waals surface area contributed by atoms with Gasteiger partial charge in [0.15, 0.2) is 0 Å². The molecule has 28 heavy (non-hydrogen) atoms. The summed E-state index contributed by atoms with van der Waals surface area (Å²) in [7, 11) is 0. The monoisotopic (exact) mass is 377 g/mol. The molecule has 4 rings (SSSR count). The lowest BCUT2D eigenvalue weighted by Crippen LogP contribution is -2.30. The van der Waals surface area contributed by atoms with Crippen molar-refractivity contribution >= 4 is 23.5 Å².